The summed E-state index contributed by atoms with van der Waals surface area (Å²) < 4.78 is 9.71. The van der Waals surface area contributed by atoms with Crippen LogP contribution in [0.4, 0.5) is 4.79 Å². The lowest BCUT2D eigenvalue weighted by Crippen LogP contribution is -2.22. The van der Waals surface area contributed by atoms with Crippen molar-refractivity contribution in [3.05, 3.63) is 33.1 Å². The molecule has 0 unspecified atom stereocenters. The molecule has 2 rings (SSSR count). The van der Waals surface area contributed by atoms with Gasteiger partial charge in [-0.1, -0.05) is 11.6 Å². The number of amides is 1. The molecule has 1 aromatic carbocycles. The number of nitrogens with zero attached hydrogens (tertiary/aromatic N) is 1. The van der Waals surface area contributed by atoms with Crippen molar-refractivity contribution in [2.45, 2.75) is 13.5 Å². The standard InChI is InChI=1S/C14H15ClN2O3S/c1-8-17-13(12(21-8)7-16-14(18)20-3)9-4-5-11(19-2)10(15)6-9/h4-6H,7H2,1-3H3,(H,16,18). The number of alkyl carbamates (subject to hydrolysis) is 1. The molecule has 0 radical (unpaired) electrons. The van der Waals surface area contributed by atoms with Crippen LogP contribution in [0.3, 0.4) is 0 Å². The third-order valence-electron chi connectivity index (χ3n) is 2.81. The fourth-order valence-electron chi connectivity index (χ4n) is 1.85. The van der Waals surface area contributed by atoms with E-state index in [0.29, 0.717) is 17.3 Å². The Morgan fingerprint density at radius 1 is 1.43 bits per heavy atom. The van der Waals surface area contributed by atoms with Crippen molar-refractivity contribution in [3.63, 3.8) is 0 Å². The Bertz CT molecular complexity index is 658. The zero-order valence-corrected chi connectivity index (χ0v) is 13.5. The summed E-state index contributed by atoms with van der Waals surface area (Å²) in [6.07, 6.45) is -0.472. The summed E-state index contributed by atoms with van der Waals surface area (Å²) in [5.41, 5.74) is 1.69. The Morgan fingerprint density at radius 3 is 2.81 bits per heavy atom. The van der Waals surface area contributed by atoms with Crippen LogP contribution in [0.1, 0.15) is 9.88 Å². The maximum absolute atomic E-state index is 11.2. The van der Waals surface area contributed by atoms with E-state index in [2.05, 4.69) is 15.0 Å². The van der Waals surface area contributed by atoms with Crippen molar-refractivity contribution < 1.29 is 14.3 Å². The van der Waals surface area contributed by atoms with Gasteiger partial charge in [0.2, 0.25) is 0 Å². The van der Waals surface area contributed by atoms with Gasteiger partial charge >= 0.3 is 6.09 Å². The number of methoxy groups -OCH3 is 2. The van der Waals surface area contributed by atoms with Gasteiger partial charge in [-0.2, -0.15) is 0 Å². The van der Waals surface area contributed by atoms with Crippen LogP contribution in [0.2, 0.25) is 5.02 Å². The number of hydrogen-bond donors (Lipinski definition) is 1. The number of ether oxygens (including phenoxy) is 2. The second-order valence-electron chi connectivity index (χ2n) is 4.20. The minimum absolute atomic E-state index is 0.358. The zero-order chi connectivity index (χ0) is 15.4. The number of thiazole rings is 1. The van der Waals surface area contributed by atoms with E-state index in [1.807, 2.05) is 13.0 Å². The predicted molar refractivity (Wildman–Crippen MR) is 83.1 cm³/mol. The molecule has 0 bridgehead atoms. The van der Waals surface area contributed by atoms with Gasteiger partial charge in [-0.05, 0) is 25.1 Å². The number of carbonyl (C=O) groups is 1. The molecular formula is C14H15ClN2O3S. The quantitative estimate of drug-likeness (QED) is 0.932. The summed E-state index contributed by atoms with van der Waals surface area (Å²) in [6.45, 7) is 2.28. The Kier molecular flexibility index (Phi) is 5.03. The smallest absolute Gasteiger partial charge is 0.407 e. The first-order valence-electron chi connectivity index (χ1n) is 6.17. The Morgan fingerprint density at radius 2 is 2.19 bits per heavy atom. The Labute approximate surface area is 131 Å². The lowest BCUT2D eigenvalue weighted by atomic mass is 10.1. The van der Waals surface area contributed by atoms with Gasteiger partial charge in [0.25, 0.3) is 0 Å². The molecule has 0 spiro atoms. The van der Waals surface area contributed by atoms with Crippen molar-refractivity contribution in [1.29, 1.82) is 0 Å². The Hall–Kier alpha value is -1.79. The largest absolute Gasteiger partial charge is 0.495 e. The molecule has 1 heterocycles. The van der Waals surface area contributed by atoms with Crippen LogP contribution in [-0.4, -0.2) is 25.3 Å². The summed E-state index contributed by atoms with van der Waals surface area (Å²) in [4.78, 5) is 16.6. The van der Waals surface area contributed by atoms with E-state index in [-0.39, 0.29) is 0 Å². The highest BCUT2D eigenvalue weighted by atomic mass is 35.5. The third-order valence-corrected chi connectivity index (χ3v) is 4.07. The normalized spacial score (nSPS) is 10.3. The van der Waals surface area contributed by atoms with Crippen LogP contribution in [0.5, 0.6) is 5.75 Å². The molecule has 1 N–H and O–H groups in total. The number of aromatic nitrogens is 1. The second-order valence-corrected chi connectivity index (χ2v) is 5.89. The summed E-state index contributed by atoms with van der Waals surface area (Å²) in [6, 6.07) is 5.49. The molecule has 1 aromatic heterocycles. The maximum atomic E-state index is 11.2. The minimum Gasteiger partial charge on any atom is -0.495 e. The molecule has 0 aliphatic rings. The molecule has 0 fully saturated rings. The number of carbonyl (C=O) groups excluding carboxylic acids is 1. The Balaban J connectivity index is 2.31. The van der Waals surface area contributed by atoms with Gasteiger partial charge in [0, 0.05) is 5.56 Å². The molecule has 0 aliphatic heterocycles. The predicted octanol–water partition coefficient (Wildman–Crippen LogP) is 3.64. The average molecular weight is 327 g/mol. The van der Waals surface area contributed by atoms with E-state index in [1.54, 1.807) is 19.2 Å². The molecule has 0 saturated carbocycles. The fraction of sp³-hybridized carbons (Fsp3) is 0.286. The highest BCUT2D eigenvalue weighted by Gasteiger charge is 2.14. The molecule has 7 heteroatoms. The number of nitrogens with one attached hydrogen (secondary N) is 1. The van der Waals surface area contributed by atoms with E-state index in [0.717, 1.165) is 21.1 Å². The molecule has 0 atom stereocenters. The lowest BCUT2D eigenvalue weighted by molar-refractivity contribution is 0.170. The summed E-state index contributed by atoms with van der Waals surface area (Å²) >= 11 is 7.67. The number of benzene rings is 1. The van der Waals surface area contributed by atoms with Gasteiger partial charge in [-0.25, -0.2) is 9.78 Å². The van der Waals surface area contributed by atoms with Gasteiger partial charge in [0.05, 0.1) is 41.4 Å². The monoisotopic (exact) mass is 326 g/mol. The van der Waals surface area contributed by atoms with Crippen LogP contribution < -0.4 is 10.1 Å². The molecule has 5 nitrogen and oxygen atoms in total. The highest BCUT2D eigenvalue weighted by Crippen LogP contribution is 2.33. The van der Waals surface area contributed by atoms with Gasteiger partial charge < -0.3 is 14.8 Å². The fourth-order valence-corrected chi connectivity index (χ4v) is 3.01. The van der Waals surface area contributed by atoms with Crippen molar-refractivity contribution in [2.24, 2.45) is 0 Å². The number of aryl methyl sites for hydroxylation is 1. The maximum Gasteiger partial charge on any atom is 0.407 e. The second kappa shape index (κ2) is 6.78. The van der Waals surface area contributed by atoms with Crippen molar-refractivity contribution in [2.75, 3.05) is 14.2 Å². The van der Waals surface area contributed by atoms with E-state index in [9.17, 15) is 4.79 Å². The molecule has 1 amide bonds. The van der Waals surface area contributed by atoms with E-state index < -0.39 is 6.09 Å². The van der Waals surface area contributed by atoms with E-state index >= 15 is 0 Å². The molecule has 2 aromatic rings. The van der Waals surface area contributed by atoms with Gasteiger partial charge in [-0.3, -0.25) is 0 Å². The number of hydrogen-bond acceptors (Lipinski definition) is 5. The van der Waals surface area contributed by atoms with Crippen molar-refractivity contribution in [1.82, 2.24) is 10.3 Å². The summed E-state index contributed by atoms with van der Waals surface area (Å²) in [5, 5.41) is 4.10. The average Bonchev–Trinajstić information content (AvgIpc) is 2.85. The first kappa shape index (κ1) is 15.6. The lowest BCUT2D eigenvalue weighted by Gasteiger charge is -2.07. The van der Waals surface area contributed by atoms with E-state index in [1.165, 1.54) is 18.4 Å². The van der Waals surface area contributed by atoms with Crippen molar-refractivity contribution in [3.8, 4) is 17.0 Å². The molecule has 21 heavy (non-hydrogen) atoms. The third kappa shape index (κ3) is 3.65. The van der Waals surface area contributed by atoms with Gasteiger partial charge in [-0.15, -0.1) is 11.3 Å². The zero-order valence-electron chi connectivity index (χ0n) is 11.9. The highest BCUT2D eigenvalue weighted by molar-refractivity contribution is 7.12. The van der Waals surface area contributed by atoms with Crippen LogP contribution in [0, 0.1) is 6.92 Å². The van der Waals surface area contributed by atoms with Crippen LogP contribution in [0.15, 0.2) is 18.2 Å². The molecular weight excluding hydrogens is 312 g/mol. The van der Waals surface area contributed by atoms with Gasteiger partial charge in [0.15, 0.2) is 0 Å². The van der Waals surface area contributed by atoms with E-state index in [4.69, 9.17) is 16.3 Å². The topological polar surface area (TPSA) is 60.5 Å². The van der Waals surface area contributed by atoms with Crippen LogP contribution >= 0.6 is 22.9 Å². The summed E-state index contributed by atoms with van der Waals surface area (Å²) in [7, 11) is 2.90. The molecule has 112 valence electrons. The first-order chi connectivity index (χ1) is 10.0. The van der Waals surface area contributed by atoms with Crippen LogP contribution in [0.25, 0.3) is 11.3 Å². The van der Waals surface area contributed by atoms with Gasteiger partial charge in [0.1, 0.15) is 5.75 Å². The summed E-state index contributed by atoms with van der Waals surface area (Å²) in [5.74, 6) is 0.613. The SMILES string of the molecule is COC(=O)NCc1sc(C)nc1-c1ccc(OC)c(Cl)c1. The minimum atomic E-state index is -0.472. The number of rotatable bonds is 4. The number of halogens is 1. The van der Waals surface area contributed by atoms with Crippen molar-refractivity contribution >= 4 is 29.0 Å². The molecule has 0 aliphatic carbocycles. The molecule has 0 saturated heterocycles. The first-order valence-corrected chi connectivity index (χ1v) is 7.36. The van der Waals surface area contributed by atoms with Crippen LogP contribution in [-0.2, 0) is 11.3 Å².